The molecule has 0 radical (unpaired) electrons. The molecule has 2 rings (SSSR count). The largest absolute Gasteiger partial charge is 0.496 e. The van der Waals surface area contributed by atoms with Gasteiger partial charge in [-0.1, -0.05) is 24.3 Å². The van der Waals surface area contributed by atoms with Crippen molar-refractivity contribution in [2.24, 2.45) is 0 Å². The van der Waals surface area contributed by atoms with E-state index in [4.69, 9.17) is 10.5 Å². The van der Waals surface area contributed by atoms with Crippen molar-refractivity contribution < 1.29 is 4.74 Å². The number of rotatable bonds is 3. The van der Waals surface area contributed by atoms with Gasteiger partial charge in [-0.25, -0.2) is 0 Å². The van der Waals surface area contributed by atoms with Crippen LogP contribution in [0.15, 0.2) is 36.4 Å². The molecule has 0 amide bonds. The number of anilines is 1. The first-order valence-electron chi connectivity index (χ1n) is 6.08. The molecule has 0 heterocycles. The molecule has 2 nitrogen and oxygen atoms in total. The van der Waals surface area contributed by atoms with Crippen LogP contribution in [0.4, 0.5) is 5.69 Å². The van der Waals surface area contributed by atoms with Gasteiger partial charge in [0.25, 0.3) is 0 Å². The predicted octanol–water partition coefficient (Wildman–Crippen LogP) is 3.49. The fourth-order valence-corrected chi connectivity index (χ4v) is 2.40. The average Bonchev–Trinajstić information content (AvgIpc) is 2.28. The molecule has 0 aliphatic rings. The van der Waals surface area contributed by atoms with E-state index < -0.39 is 0 Å². The molecule has 2 heteroatoms. The van der Waals surface area contributed by atoms with E-state index in [0.29, 0.717) is 0 Å². The van der Waals surface area contributed by atoms with Crippen molar-refractivity contribution in [1.29, 1.82) is 0 Å². The van der Waals surface area contributed by atoms with Crippen LogP contribution >= 0.6 is 0 Å². The number of hydrogen-bond donors (Lipinski definition) is 1. The normalized spacial score (nSPS) is 10.4. The monoisotopic (exact) mass is 241 g/mol. The van der Waals surface area contributed by atoms with Crippen LogP contribution in [-0.2, 0) is 6.42 Å². The summed E-state index contributed by atoms with van der Waals surface area (Å²) < 4.78 is 5.38. The van der Waals surface area contributed by atoms with Gasteiger partial charge in [0.2, 0.25) is 0 Å². The third kappa shape index (κ3) is 2.65. The Morgan fingerprint density at radius 3 is 2.22 bits per heavy atom. The van der Waals surface area contributed by atoms with E-state index in [9.17, 15) is 0 Å². The highest BCUT2D eigenvalue weighted by Crippen LogP contribution is 2.25. The Morgan fingerprint density at radius 2 is 1.67 bits per heavy atom. The van der Waals surface area contributed by atoms with E-state index >= 15 is 0 Å². The van der Waals surface area contributed by atoms with Crippen molar-refractivity contribution >= 4 is 5.69 Å². The Morgan fingerprint density at radius 1 is 1.00 bits per heavy atom. The van der Waals surface area contributed by atoms with E-state index in [2.05, 4.69) is 32.0 Å². The molecule has 0 aliphatic carbocycles. The number of aryl methyl sites for hydroxylation is 2. The zero-order valence-corrected chi connectivity index (χ0v) is 11.2. The summed E-state index contributed by atoms with van der Waals surface area (Å²) in [6, 6.07) is 12.4. The summed E-state index contributed by atoms with van der Waals surface area (Å²) in [5.74, 6) is 0.978. The van der Waals surface area contributed by atoms with Crippen molar-refractivity contribution in [1.82, 2.24) is 0 Å². The van der Waals surface area contributed by atoms with Crippen molar-refractivity contribution in [2.45, 2.75) is 20.3 Å². The summed E-state index contributed by atoms with van der Waals surface area (Å²) >= 11 is 0. The SMILES string of the molecule is COc1c(C)cc(Cc2cccc(N)c2)cc1C. The average molecular weight is 241 g/mol. The van der Waals surface area contributed by atoms with Gasteiger partial charge < -0.3 is 10.5 Å². The van der Waals surface area contributed by atoms with Crippen molar-refractivity contribution in [3.05, 3.63) is 58.7 Å². The summed E-state index contributed by atoms with van der Waals surface area (Å²) in [4.78, 5) is 0. The Hall–Kier alpha value is -1.96. The minimum Gasteiger partial charge on any atom is -0.496 e. The molecule has 0 aromatic heterocycles. The maximum atomic E-state index is 5.80. The second-order valence-corrected chi connectivity index (χ2v) is 4.68. The summed E-state index contributed by atoms with van der Waals surface area (Å²) in [5.41, 5.74) is 11.5. The van der Waals surface area contributed by atoms with Crippen LogP contribution in [0.2, 0.25) is 0 Å². The molecule has 94 valence electrons. The summed E-state index contributed by atoms with van der Waals surface area (Å²) in [6.45, 7) is 4.16. The molecule has 2 N–H and O–H groups in total. The van der Waals surface area contributed by atoms with E-state index in [1.54, 1.807) is 7.11 Å². The Balaban J connectivity index is 2.30. The van der Waals surface area contributed by atoms with Crippen molar-refractivity contribution in [3.63, 3.8) is 0 Å². The molecule has 0 bridgehead atoms. The lowest BCUT2D eigenvalue weighted by molar-refractivity contribution is 0.408. The molecule has 0 atom stereocenters. The lowest BCUT2D eigenvalue weighted by atomic mass is 9.99. The molecule has 0 saturated carbocycles. The van der Waals surface area contributed by atoms with Crippen molar-refractivity contribution in [3.8, 4) is 5.75 Å². The molecule has 0 aliphatic heterocycles. The second-order valence-electron chi connectivity index (χ2n) is 4.68. The molecule has 0 unspecified atom stereocenters. The lowest BCUT2D eigenvalue weighted by Gasteiger charge is -2.11. The smallest absolute Gasteiger partial charge is 0.124 e. The van der Waals surface area contributed by atoms with Gasteiger partial charge in [-0.2, -0.15) is 0 Å². The third-order valence-corrected chi connectivity index (χ3v) is 3.08. The standard InChI is InChI=1S/C16H19NO/c1-11-7-14(8-12(2)16(11)18-3)9-13-5-4-6-15(17)10-13/h4-8,10H,9,17H2,1-3H3. The number of nitrogens with two attached hydrogens (primary N) is 1. The number of nitrogen functional groups attached to an aromatic ring is 1. The fourth-order valence-electron chi connectivity index (χ4n) is 2.40. The van der Waals surface area contributed by atoms with Crippen LogP contribution in [0.3, 0.4) is 0 Å². The van der Waals surface area contributed by atoms with Crippen LogP contribution < -0.4 is 10.5 Å². The molecule has 0 saturated heterocycles. The molecule has 2 aromatic rings. The highest BCUT2D eigenvalue weighted by atomic mass is 16.5. The first-order chi connectivity index (χ1) is 8.60. The van der Waals surface area contributed by atoms with Gasteiger partial charge in [-0.15, -0.1) is 0 Å². The first kappa shape index (κ1) is 12.5. The third-order valence-electron chi connectivity index (χ3n) is 3.08. The van der Waals surface area contributed by atoms with Gasteiger partial charge in [-0.05, 0) is 54.7 Å². The Bertz CT molecular complexity index is 538. The highest BCUT2D eigenvalue weighted by Gasteiger charge is 2.06. The molecular formula is C16H19NO. The van der Waals surface area contributed by atoms with Crippen LogP contribution in [-0.4, -0.2) is 7.11 Å². The first-order valence-corrected chi connectivity index (χ1v) is 6.08. The number of ether oxygens (including phenoxy) is 1. The van der Waals surface area contributed by atoms with Gasteiger partial charge in [0.1, 0.15) is 5.75 Å². The topological polar surface area (TPSA) is 35.2 Å². The van der Waals surface area contributed by atoms with Gasteiger partial charge in [0, 0.05) is 5.69 Å². The van der Waals surface area contributed by atoms with Gasteiger partial charge in [0.05, 0.1) is 7.11 Å². The predicted molar refractivity (Wildman–Crippen MR) is 76.1 cm³/mol. The quantitative estimate of drug-likeness (QED) is 0.835. The van der Waals surface area contributed by atoms with Gasteiger partial charge >= 0.3 is 0 Å². The van der Waals surface area contributed by atoms with Crippen LogP contribution in [0, 0.1) is 13.8 Å². The molecule has 0 fully saturated rings. The van der Waals surface area contributed by atoms with E-state index in [1.807, 2.05) is 18.2 Å². The Kier molecular flexibility index (Phi) is 3.56. The van der Waals surface area contributed by atoms with Gasteiger partial charge in [0.15, 0.2) is 0 Å². The number of benzene rings is 2. The van der Waals surface area contributed by atoms with E-state index in [1.165, 1.54) is 22.3 Å². The number of methoxy groups -OCH3 is 1. The van der Waals surface area contributed by atoms with Crippen molar-refractivity contribution in [2.75, 3.05) is 12.8 Å². The minimum atomic E-state index is 0.814. The zero-order chi connectivity index (χ0) is 13.1. The molecule has 18 heavy (non-hydrogen) atoms. The van der Waals surface area contributed by atoms with Crippen LogP contribution in [0.5, 0.6) is 5.75 Å². The molecular weight excluding hydrogens is 222 g/mol. The van der Waals surface area contributed by atoms with E-state index in [-0.39, 0.29) is 0 Å². The van der Waals surface area contributed by atoms with Gasteiger partial charge in [-0.3, -0.25) is 0 Å². The fraction of sp³-hybridized carbons (Fsp3) is 0.250. The lowest BCUT2D eigenvalue weighted by Crippen LogP contribution is -1.96. The molecule has 0 spiro atoms. The highest BCUT2D eigenvalue weighted by molar-refractivity contribution is 5.46. The summed E-state index contributed by atoms with van der Waals surface area (Å²) in [7, 11) is 1.72. The zero-order valence-electron chi connectivity index (χ0n) is 11.2. The summed E-state index contributed by atoms with van der Waals surface area (Å²) in [5, 5.41) is 0. The van der Waals surface area contributed by atoms with Crippen LogP contribution in [0.25, 0.3) is 0 Å². The van der Waals surface area contributed by atoms with E-state index in [0.717, 1.165) is 17.9 Å². The number of hydrogen-bond acceptors (Lipinski definition) is 2. The Labute approximate surface area is 108 Å². The maximum absolute atomic E-state index is 5.80. The minimum absolute atomic E-state index is 0.814. The maximum Gasteiger partial charge on any atom is 0.124 e. The summed E-state index contributed by atoms with van der Waals surface area (Å²) in [6.07, 6.45) is 0.900. The molecule has 2 aromatic carbocycles. The van der Waals surface area contributed by atoms with Crippen LogP contribution in [0.1, 0.15) is 22.3 Å². The second kappa shape index (κ2) is 5.13.